The van der Waals surface area contributed by atoms with E-state index in [0.29, 0.717) is 19.0 Å². The van der Waals surface area contributed by atoms with Crippen molar-refractivity contribution in [3.8, 4) is 0 Å². The van der Waals surface area contributed by atoms with Gasteiger partial charge in [0.2, 0.25) is 0 Å². The third-order valence-corrected chi connectivity index (χ3v) is 2.08. The second-order valence-corrected chi connectivity index (χ2v) is 3.39. The zero-order valence-corrected chi connectivity index (χ0v) is 8.34. The quantitative estimate of drug-likeness (QED) is 0.667. The van der Waals surface area contributed by atoms with Gasteiger partial charge in [0, 0.05) is 13.1 Å². The van der Waals surface area contributed by atoms with Gasteiger partial charge in [0.05, 0.1) is 13.2 Å². The van der Waals surface area contributed by atoms with Crippen LogP contribution in [-0.2, 0) is 0 Å². The lowest BCUT2D eigenvalue weighted by atomic mass is 10.1. The highest BCUT2D eigenvalue weighted by Gasteiger charge is 2.13. The van der Waals surface area contributed by atoms with E-state index in [2.05, 4.69) is 0 Å². The van der Waals surface area contributed by atoms with E-state index in [-0.39, 0.29) is 13.2 Å². The molecule has 13 heavy (non-hydrogen) atoms. The molecule has 0 aliphatic heterocycles. The Balaban J connectivity index is 3.78. The maximum Gasteiger partial charge on any atom is 0.251 e. The fraction of sp³-hybridized carbons (Fsp3) is 1.00. The number of aliphatic hydroxyl groups is 1. The predicted octanol–water partition coefficient (Wildman–Crippen LogP) is 1.59. The molecule has 0 aliphatic carbocycles. The highest BCUT2D eigenvalue weighted by Crippen LogP contribution is 2.06. The molecule has 0 aromatic heterocycles. The van der Waals surface area contributed by atoms with Crippen molar-refractivity contribution in [2.24, 2.45) is 5.92 Å². The molecule has 0 fully saturated rings. The Morgan fingerprint density at radius 2 is 1.92 bits per heavy atom. The highest BCUT2D eigenvalue weighted by atomic mass is 19.3. The molecule has 0 rings (SSSR count). The van der Waals surface area contributed by atoms with Gasteiger partial charge in [-0.3, -0.25) is 4.90 Å². The van der Waals surface area contributed by atoms with Gasteiger partial charge >= 0.3 is 0 Å². The molecule has 0 radical (unpaired) electrons. The maximum atomic E-state index is 12.0. The van der Waals surface area contributed by atoms with E-state index in [1.807, 2.05) is 13.8 Å². The van der Waals surface area contributed by atoms with Crippen LogP contribution in [0.2, 0.25) is 0 Å². The molecular weight excluding hydrogens is 176 g/mol. The van der Waals surface area contributed by atoms with E-state index < -0.39 is 6.43 Å². The topological polar surface area (TPSA) is 23.5 Å². The highest BCUT2D eigenvalue weighted by molar-refractivity contribution is 4.62. The van der Waals surface area contributed by atoms with Crippen molar-refractivity contribution >= 4 is 0 Å². The summed E-state index contributed by atoms with van der Waals surface area (Å²) in [6.45, 7) is 4.75. The molecule has 0 saturated heterocycles. The summed E-state index contributed by atoms with van der Waals surface area (Å²) < 4.78 is 24.1. The van der Waals surface area contributed by atoms with Gasteiger partial charge in [0.1, 0.15) is 0 Å². The molecule has 2 nitrogen and oxygen atoms in total. The molecule has 1 unspecified atom stereocenters. The van der Waals surface area contributed by atoms with Crippen molar-refractivity contribution < 1.29 is 13.9 Å². The van der Waals surface area contributed by atoms with Crippen LogP contribution >= 0.6 is 0 Å². The zero-order valence-electron chi connectivity index (χ0n) is 8.34. The van der Waals surface area contributed by atoms with Gasteiger partial charge < -0.3 is 5.11 Å². The predicted molar refractivity (Wildman–Crippen MR) is 49.0 cm³/mol. The van der Waals surface area contributed by atoms with E-state index in [1.165, 1.54) is 0 Å². The van der Waals surface area contributed by atoms with Crippen LogP contribution in [0, 0.1) is 5.92 Å². The van der Waals surface area contributed by atoms with Crippen LogP contribution < -0.4 is 0 Å². The van der Waals surface area contributed by atoms with Crippen LogP contribution in [0.15, 0.2) is 0 Å². The first-order valence-electron chi connectivity index (χ1n) is 4.71. The van der Waals surface area contributed by atoms with Gasteiger partial charge in [-0.25, -0.2) is 8.78 Å². The third-order valence-electron chi connectivity index (χ3n) is 2.08. The Kier molecular flexibility index (Phi) is 7.09. The van der Waals surface area contributed by atoms with Crippen molar-refractivity contribution in [3.63, 3.8) is 0 Å². The molecule has 4 heteroatoms. The molecule has 0 saturated carbocycles. The summed E-state index contributed by atoms with van der Waals surface area (Å²) in [6.07, 6.45) is -1.33. The Bertz CT molecular complexity index is 122. The zero-order chi connectivity index (χ0) is 10.3. The van der Waals surface area contributed by atoms with Gasteiger partial charge in [-0.2, -0.15) is 0 Å². The lowest BCUT2D eigenvalue weighted by Crippen LogP contribution is -2.35. The van der Waals surface area contributed by atoms with Crippen LogP contribution in [-0.4, -0.2) is 42.7 Å². The standard InChI is InChI=1S/C9H19F2NO/c1-3-8(2)6-12(4-5-13)7-9(10)11/h8-9,13H,3-7H2,1-2H3. The van der Waals surface area contributed by atoms with Crippen molar-refractivity contribution in [1.29, 1.82) is 0 Å². The molecule has 1 N–H and O–H groups in total. The minimum absolute atomic E-state index is 0.0524. The fourth-order valence-corrected chi connectivity index (χ4v) is 1.16. The largest absolute Gasteiger partial charge is 0.395 e. The van der Waals surface area contributed by atoms with Crippen molar-refractivity contribution in [2.45, 2.75) is 26.7 Å². The van der Waals surface area contributed by atoms with Crippen LogP contribution in [0.25, 0.3) is 0 Å². The van der Waals surface area contributed by atoms with E-state index in [0.717, 1.165) is 6.42 Å². The second-order valence-electron chi connectivity index (χ2n) is 3.39. The third kappa shape index (κ3) is 6.90. The van der Waals surface area contributed by atoms with E-state index in [1.54, 1.807) is 4.90 Å². The first-order valence-corrected chi connectivity index (χ1v) is 4.71. The monoisotopic (exact) mass is 195 g/mol. The Morgan fingerprint density at radius 3 is 2.31 bits per heavy atom. The molecule has 0 bridgehead atoms. The van der Waals surface area contributed by atoms with Gasteiger partial charge in [0.25, 0.3) is 6.43 Å². The fourth-order valence-electron chi connectivity index (χ4n) is 1.16. The average molecular weight is 195 g/mol. The summed E-state index contributed by atoms with van der Waals surface area (Å²) in [5.74, 6) is 0.408. The lowest BCUT2D eigenvalue weighted by molar-refractivity contribution is 0.0709. The molecule has 0 heterocycles. The molecular formula is C9H19F2NO. The van der Waals surface area contributed by atoms with E-state index >= 15 is 0 Å². The van der Waals surface area contributed by atoms with Crippen LogP contribution in [0.5, 0.6) is 0 Å². The summed E-state index contributed by atoms with van der Waals surface area (Å²) in [4.78, 5) is 1.61. The Hall–Kier alpha value is -0.220. The molecule has 0 aliphatic rings. The lowest BCUT2D eigenvalue weighted by Gasteiger charge is -2.23. The van der Waals surface area contributed by atoms with E-state index in [4.69, 9.17) is 5.11 Å². The first kappa shape index (κ1) is 12.8. The Morgan fingerprint density at radius 1 is 1.31 bits per heavy atom. The molecule has 80 valence electrons. The minimum atomic E-state index is -2.31. The minimum Gasteiger partial charge on any atom is -0.395 e. The number of hydrogen-bond donors (Lipinski definition) is 1. The van der Waals surface area contributed by atoms with Crippen molar-refractivity contribution in [1.82, 2.24) is 4.90 Å². The SMILES string of the molecule is CCC(C)CN(CCO)CC(F)F. The van der Waals surface area contributed by atoms with Gasteiger partial charge in [-0.05, 0) is 5.92 Å². The van der Waals surface area contributed by atoms with Crippen LogP contribution in [0.1, 0.15) is 20.3 Å². The number of hydrogen-bond acceptors (Lipinski definition) is 2. The summed E-state index contributed by atoms with van der Waals surface area (Å²) in [5, 5.41) is 8.65. The Labute approximate surface area is 78.5 Å². The normalized spacial score (nSPS) is 14.1. The smallest absolute Gasteiger partial charge is 0.251 e. The van der Waals surface area contributed by atoms with Crippen LogP contribution in [0.3, 0.4) is 0 Å². The molecule has 0 aromatic rings. The van der Waals surface area contributed by atoms with Gasteiger partial charge in [-0.1, -0.05) is 20.3 Å². The van der Waals surface area contributed by atoms with E-state index in [9.17, 15) is 8.78 Å². The number of nitrogens with zero attached hydrogens (tertiary/aromatic N) is 1. The molecule has 0 amide bonds. The second kappa shape index (κ2) is 7.21. The summed E-state index contributed by atoms with van der Waals surface area (Å²) in [7, 11) is 0. The summed E-state index contributed by atoms with van der Waals surface area (Å²) in [6, 6.07) is 0. The summed E-state index contributed by atoms with van der Waals surface area (Å²) in [5.41, 5.74) is 0. The van der Waals surface area contributed by atoms with Crippen molar-refractivity contribution in [2.75, 3.05) is 26.2 Å². The average Bonchev–Trinajstić information content (AvgIpc) is 2.03. The number of halogens is 2. The maximum absolute atomic E-state index is 12.0. The number of rotatable bonds is 7. The number of alkyl halides is 2. The van der Waals surface area contributed by atoms with Gasteiger partial charge in [-0.15, -0.1) is 0 Å². The van der Waals surface area contributed by atoms with Crippen LogP contribution in [0.4, 0.5) is 8.78 Å². The molecule has 0 aromatic carbocycles. The van der Waals surface area contributed by atoms with Crippen molar-refractivity contribution in [3.05, 3.63) is 0 Å². The van der Waals surface area contributed by atoms with Gasteiger partial charge in [0.15, 0.2) is 0 Å². The molecule has 0 spiro atoms. The number of aliphatic hydroxyl groups excluding tert-OH is 1. The first-order chi connectivity index (χ1) is 6.10. The summed E-state index contributed by atoms with van der Waals surface area (Å²) >= 11 is 0. The molecule has 1 atom stereocenters.